The Morgan fingerprint density at radius 2 is 1.92 bits per heavy atom. The summed E-state index contributed by atoms with van der Waals surface area (Å²) >= 11 is 0. The van der Waals surface area contributed by atoms with Crippen LogP contribution >= 0.6 is 0 Å². The van der Waals surface area contributed by atoms with Gasteiger partial charge in [-0.3, -0.25) is 5.84 Å². The highest BCUT2D eigenvalue weighted by Gasteiger charge is 2.15. The molecule has 1 unspecified atom stereocenters. The van der Waals surface area contributed by atoms with E-state index in [0.29, 0.717) is 0 Å². The van der Waals surface area contributed by atoms with Crippen molar-refractivity contribution in [2.75, 3.05) is 0 Å². The van der Waals surface area contributed by atoms with Gasteiger partial charge in [-0.2, -0.15) is 0 Å². The van der Waals surface area contributed by atoms with Crippen LogP contribution in [0.5, 0.6) is 0 Å². The predicted octanol–water partition coefficient (Wildman–Crippen LogP) is 1.81. The van der Waals surface area contributed by atoms with Gasteiger partial charge in [-0.05, 0) is 12.3 Å². The van der Waals surface area contributed by atoms with Crippen LogP contribution in [-0.4, -0.2) is 6.04 Å². The average Bonchev–Trinajstić information content (AvgIpc) is 2.42. The first-order valence-electron chi connectivity index (χ1n) is 5.29. The molecule has 1 atom stereocenters. The molecule has 1 aliphatic carbocycles. The Bertz CT molecular complexity index is 163. The third kappa shape index (κ3) is 3.80. The van der Waals surface area contributed by atoms with Crippen molar-refractivity contribution in [3.63, 3.8) is 0 Å². The van der Waals surface area contributed by atoms with Crippen molar-refractivity contribution in [2.24, 2.45) is 11.8 Å². The van der Waals surface area contributed by atoms with Gasteiger partial charge in [-0.25, -0.2) is 5.43 Å². The van der Waals surface area contributed by atoms with Gasteiger partial charge in [0.2, 0.25) is 0 Å². The van der Waals surface area contributed by atoms with Gasteiger partial charge < -0.3 is 0 Å². The zero-order valence-corrected chi connectivity index (χ0v) is 8.26. The van der Waals surface area contributed by atoms with Crippen molar-refractivity contribution in [2.45, 2.75) is 51.0 Å². The molecule has 0 aromatic rings. The Kier molecular flexibility index (Phi) is 4.88. The van der Waals surface area contributed by atoms with E-state index in [4.69, 9.17) is 12.3 Å². The second-order valence-electron chi connectivity index (χ2n) is 3.98. The van der Waals surface area contributed by atoms with Gasteiger partial charge in [-0.15, -0.1) is 6.42 Å². The summed E-state index contributed by atoms with van der Waals surface area (Å²) in [6.45, 7) is 0. The average molecular weight is 180 g/mol. The fourth-order valence-corrected chi connectivity index (χ4v) is 2.12. The molecule has 0 radical (unpaired) electrons. The summed E-state index contributed by atoms with van der Waals surface area (Å²) in [5.74, 6) is 8.82. The fourth-order valence-electron chi connectivity index (χ4n) is 2.12. The zero-order valence-electron chi connectivity index (χ0n) is 8.26. The molecule has 0 aromatic heterocycles. The van der Waals surface area contributed by atoms with Crippen LogP contribution < -0.4 is 11.3 Å². The van der Waals surface area contributed by atoms with Gasteiger partial charge in [0.1, 0.15) is 0 Å². The quantitative estimate of drug-likeness (QED) is 0.301. The number of hydrogen-bond donors (Lipinski definition) is 2. The van der Waals surface area contributed by atoms with E-state index in [0.717, 1.165) is 12.3 Å². The van der Waals surface area contributed by atoms with Crippen LogP contribution in [0.1, 0.15) is 44.9 Å². The monoisotopic (exact) mass is 180 g/mol. The minimum atomic E-state index is 0.0723. The lowest BCUT2D eigenvalue weighted by Crippen LogP contribution is -2.35. The van der Waals surface area contributed by atoms with Crippen molar-refractivity contribution < 1.29 is 0 Å². The molecule has 0 amide bonds. The van der Waals surface area contributed by atoms with Crippen LogP contribution in [0.2, 0.25) is 0 Å². The molecule has 0 aliphatic heterocycles. The Balaban J connectivity index is 2.29. The number of rotatable bonds is 3. The Morgan fingerprint density at radius 3 is 2.38 bits per heavy atom. The summed E-state index contributed by atoms with van der Waals surface area (Å²) in [6, 6.07) is 0.0723. The van der Waals surface area contributed by atoms with Gasteiger partial charge >= 0.3 is 0 Å². The first-order chi connectivity index (χ1) is 6.36. The van der Waals surface area contributed by atoms with Crippen molar-refractivity contribution >= 4 is 0 Å². The smallest absolute Gasteiger partial charge is 0.0817 e. The van der Waals surface area contributed by atoms with Crippen LogP contribution in [0.3, 0.4) is 0 Å². The number of hydrazine groups is 1. The topological polar surface area (TPSA) is 38.0 Å². The summed E-state index contributed by atoms with van der Waals surface area (Å²) in [6.07, 6.45) is 14.6. The second kappa shape index (κ2) is 6.01. The molecule has 2 heteroatoms. The van der Waals surface area contributed by atoms with Crippen LogP contribution in [0.4, 0.5) is 0 Å². The van der Waals surface area contributed by atoms with Gasteiger partial charge in [0, 0.05) is 0 Å². The maximum absolute atomic E-state index is 5.35. The van der Waals surface area contributed by atoms with E-state index in [1.807, 2.05) is 0 Å². The minimum absolute atomic E-state index is 0.0723. The molecule has 74 valence electrons. The highest BCUT2D eigenvalue weighted by molar-refractivity contribution is 4.98. The lowest BCUT2D eigenvalue weighted by atomic mass is 9.93. The van der Waals surface area contributed by atoms with Crippen LogP contribution in [-0.2, 0) is 0 Å². The molecule has 1 rings (SSSR count). The first-order valence-corrected chi connectivity index (χ1v) is 5.29. The zero-order chi connectivity index (χ0) is 9.52. The second-order valence-corrected chi connectivity index (χ2v) is 3.98. The first kappa shape index (κ1) is 10.6. The minimum Gasteiger partial charge on any atom is -0.270 e. The highest BCUT2D eigenvalue weighted by atomic mass is 15.2. The van der Waals surface area contributed by atoms with Gasteiger partial charge in [0.25, 0.3) is 0 Å². The van der Waals surface area contributed by atoms with E-state index in [1.165, 1.54) is 38.5 Å². The molecule has 1 fully saturated rings. The Labute approximate surface area is 81.2 Å². The van der Waals surface area contributed by atoms with E-state index in [9.17, 15) is 0 Å². The van der Waals surface area contributed by atoms with Crippen LogP contribution in [0, 0.1) is 18.3 Å². The van der Waals surface area contributed by atoms with E-state index >= 15 is 0 Å². The number of nitrogens with one attached hydrogen (secondary N) is 1. The molecule has 2 nitrogen and oxygen atoms in total. The number of nitrogens with two attached hydrogens (primary N) is 1. The van der Waals surface area contributed by atoms with Gasteiger partial charge in [-0.1, -0.05) is 44.4 Å². The summed E-state index contributed by atoms with van der Waals surface area (Å²) in [4.78, 5) is 0. The SMILES string of the molecule is C#CC(CC1CCCCCC1)NN. The molecular weight excluding hydrogens is 160 g/mol. The Hall–Kier alpha value is -0.520. The normalized spacial score (nSPS) is 21.8. The predicted molar refractivity (Wildman–Crippen MR) is 55.8 cm³/mol. The Morgan fingerprint density at radius 1 is 1.31 bits per heavy atom. The molecule has 0 bridgehead atoms. The summed E-state index contributed by atoms with van der Waals surface area (Å²) < 4.78 is 0. The maximum atomic E-state index is 5.35. The van der Waals surface area contributed by atoms with Crippen LogP contribution in [0.25, 0.3) is 0 Å². The maximum Gasteiger partial charge on any atom is 0.0817 e. The van der Waals surface area contributed by atoms with Crippen molar-refractivity contribution in [3.8, 4) is 12.3 Å². The van der Waals surface area contributed by atoms with E-state index in [1.54, 1.807) is 0 Å². The molecule has 1 saturated carbocycles. The molecular formula is C11H20N2. The lowest BCUT2D eigenvalue weighted by molar-refractivity contribution is 0.389. The third-order valence-electron chi connectivity index (χ3n) is 2.95. The van der Waals surface area contributed by atoms with Gasteiger partial charge in [0.05, 0.1) is 6.04 Å². The third-order valence-corrected chi connectivity index (χ3v) is 2.95. The van der Waals surface area contributed by atoms with Crippen molar-refractivity contribution in [1.29, 1.82) is 0 Å². The molecule has 0 aromatic carbocycles. The molecule has 0 spiro atoms. The van der Waals surface area contributed by atoms with Gasteiger partial charge in [0.15, 0.2) is 0 Å². The van der Waals surface area contributed by atoms with E-state index in [2.05, 4.69) is 11.3 Å². The van der Waals surface area contributed by atoms with E-state index < -0.39 is 0 Å². The van der Waals surface area contributed by atoms with Crippen molar-refractivity contribution in [3.05, 3.63) is 0 Å². The highest BCUT2D eigenvalue weighted by Crippen LogP contribution is 2.26. The van der Waals surface area contributed by atoms with Crippen molar-refractivity contribution in [1.82, 2.24) is 5.43 Å². The molecule has 3 N–H and O–H groups in total. The largest absolute Gasteiger partial charge is 0.270 e. The molecule has 13 heavy (non-hydrogen) atoms. The number of terminal acetylenes is 1. The lowest BCUT2D eigenvalue weighted by Gasteiger charge is -2.17. The van der Waals surface area contributed by atoms with Crippen LogP contribution in [0.15, 0.2) is 0 Å². The molecule has 0 saturated heterocycles. The summed E-state index contributed by atoms with van der Waals surface area (Å²) in [5.41, 5.74) is 2.68. The summed E-state index contributed by atoms with van der Waals surface area (Å²) in [5, 5.41) is 0. The number of hydrogen-bond acceptors (Lipinski definition) is 2. The summed E-state index contributed by atoms with van der Waals surface area (Å²) in [7, 11) is 0. The van der Waals surface area contributed by atoms with E-state index in [-0.39, 0.29) is 6.04 Å². The fraction of sp³-hybridized carbons (Fsp3) is 0.818. The molecule has 1 aliphatic rings. The standard InChI is InChI=1S/C11H20N2/c1-2-11(13-12)9-10-7-5-3-4-6-8-10/h1,10-11,13H,3-9,12H2. The molecule has 0 heterocycles.